The van der Waals surface area contributed by atoms with Gasteiger partial charge in [-0.2, -0.15) is 0 Å². The van der Waals surface area contributed by atoms with Crippen molar-refractivity contribution in [3.05, 3.63) is 106 Å². The number of carbonyl (C=O) groups is 2. The van der Waals surface area contributed by atoms with Gasteiger partial charge in [-0.3, -0.25) is 9.59 Å². The van der Waals surface area contributed by atoms with Gasteiger partial charge in [0.2, 0.25) is 11.8 Å². The van der Waals surface area contributed by atoms with Crippen molar-refractivity contribution in [2.45, 2.75) is 58.2 Å². The molecule has 0 unspecified atom stereocenters. The summed E-state index contributed by atoms with van der Waals surface area (Å²) in [6.45, 7) is 5.99. The van der Waals surface area contributed by atoms with E-state index in [9.17, 15) is 9.59 Å². The molecular weight excluding hydrogens is 479 g/mol. The van der Waals surface area contributed by atoms with Gasteiger partial charge in [-0.1, -0.05) is 96.9 Å². The van der Waals surface area contributed by atoms with Gasteiger partial charge in [0.1, 0.15) is 6.04 Å². The number of hydrogen-bond donors (Lipinski definition) is 1. The largest absolute Gasteiger partial charge is 0.352 e. The molecule has 0 aliphatic carbocycles. The number of nitrogens with one attached hydrogen (secondary N) is 1. The lowest BCUT2D eigenvalue weighted by Crippen LogP contribution is -2.49. The van der Waals surface area contributed by atoms with Crippen LogP contribution in [0.15, 0.2) is 78.9 Å². The van der Waals surface area contributed by atoms with Crippen molar-refractivity contribution >= 4 is 35.0 Å². The maximum atomic E-state index is 13.8. The summed E-state index contributed by atoms with van der Waals surface area (Å²) in [5.41, 5.74) is 2.92. The molecule has 0 saturated carbocycles. The Hall–Kier alpha value is -2.82. The minimum Gasteiger partial charge on any atom is -0.352 e. The third kappa shape index (κ3) is 7.33. The molecule has 3 aromatic rings. The van der Waals surface area contributed by atoms with Crippen molar-refractivity contribution in [2.75, 3.05) is 0 Å². The van der Waals surface area contributed by atoms with E-state index in [2.05, 4.69) is 5.32 Å². The fraction of sp³-hybridized carbons (Fsp3) is 0.310. The zero-order valence-electron chi connectivity index (χ0n) is 20.4. The maximum Gasteiger partial charge on any atom is 0.242 e. The molecule has 184 valence electrons. The van der Waals surface area contributed by atoms with E-state index in [0.717, 1.165) is 23.1 Å². The molecule has 0 radical (unpaired) electrons. The lowest BCUT2D eigenvalue weighted by atomic mass is 9.88. The molecule has 0 fully saturated rings. The molecule has 0 bridgehead atoms. The van der Waals surface area contributed by atoms with Crippen LogP contribution in [-0.4, -0.2) is 28.8 Å². The SMILES string of the molecule is CC[C@@H](C)NC(=O)[C@@H](C)N(Cc1ccc(Cl)c(Cl)c1)C(=O)CC(c1ccccc1)c1ccccc1. The van der Waals surface area contributed by atoms with Gasteiger partial charge < -0.3 is 10.2 Å². The maximum absolute atomic E-state index is 13.8. The van der Waals surface area contributed by atoms with Crippen molar-refractivity contribution in [2.24, 2.45) is 0 Å². The zero-order valence-corrected chi connectivity index (χ0v) is 21.9. The summed E-state index contributed by atoms with van der Waals surface area (Å²) >= 11 is 12.3. The second kappa shape index (κ2) is 12.8. The normalized spacial score (nSPS) is 12.7. The highest BCUT2D eigenvalue weighted by molar-refractivity contribution is 6.42. The summed E-state index contributed by atoms with van der Waals surface area (Å²) in [4.78, 5) is 28.5. The fourth-order valence-electron chi connectivity index (χ4n) is 3.97. The standard InChI is InChI=1S/C29H32Cl2N2O2/c1-4-20(2)32-29(35)21(3)33(19-22-15-16-26(30)27(31)17-22)28(34)18-25(23-11-7-5-8-12-23)24-13-9-6-10-14-24/h5-17,20-21,25H,4,18-19H2,1-3H3,(H,32,35)/t20-,21-/m1/s1. The number of carbonyl (C=O) groups excluding carboxylic acids is 2. The average Bonchev–Trinajstić information content (AvgIpc) is 2.88. The lowest BCUT2D eigenvalue weighted by Gasteiger charge is -2.31. The summed E-state index contributed by atoms with van der Waals surface area (Å²) in [6, 6.07) is 24.6. The Bertz CT molecular complexity index is 1080. The molecule has 0 aromatic heterocycles. The van der Waals surface area contributed by atoms with Crippen molar-refractivity contribution in [1.29, 1.82) is 0 Å². The lowest BCUT2D eigenvalue weighted by molar-refractivity contribution is -0.141. The Labute approximate surface area is 218 Å². The van der Waals surface area contributed by atoms with E-state index in [1.54, 1.807) is 24.0 Å². The Morgan fingerprint density at radius 1 is 0.857 bits per heavy atom. The van der Waals surface area contributed by atoms with Crippen LogP contribution >= 0.6 is 23.2 Å². The molecule has 0 aliphatic heterocycles. The van der Waals surface area contributed by atoms with Crippen LogP contribution in [0, 0.1) is 0 Å². The van der Waals surface area contributed by atoms with Gasteiger partial charge in [0.15, 0.2) is 0 Å². The summed E-state index contributed by atoms with van der Waals surface area (Å²) < 4.78 is 0. The molecule has 6 heteroatoms. The van der Waals surface area contributed by atoms with Gasteiger partial charge in [-0.25, -0.2) is 0 Å². The van der Waals surface area contributed by atoms with Gasteiger partial charge in [0.25, 0.3) is 0 Å². The van der Waals surface area contributed by atoms with Crippen LogP contribution in [0.2, 0.25) is 10.0 Å². The second-order valence-corrected chi connectivity index (χ2v) is 9.66. The summed E-state index contributed by atoms with van der Waals surface area (Å²) in [7, 11) is 0. The highest BCUT2D eigenvalue weighted by atomic mass is 35.5. The van der Waals surface area contributed by atoms with Gasteiger partial charge in [0, 0.05) is 24.9 Å². The third-order valence-electron chi connectivity index (χ3n) is 6.29. The minimum absolute atomic E-state index is 0.0215. The molecule has 0 spiro atoms. The number of halogens is 2. The first-order valence-corrected chi connectivity index (χ1v) is 12.7. The summed E-state index contributed by atoms with van der Waals surface area (Å²) in [5, 5.41) is 3.87. The Balaban J connectivity index is 1.92. The van der Waals surface area contributed by atoms with E-state index < -0.39 is 6.04 Å². The number of amides is 2. The van der Waals surface area contributed by atoms with Gasteiger partial charge in [0.05, 0.1) is 10.0 Å². The fourth-order valence-corrected chi connectivity index (χ4v) is 4.29. The van der Waals surface area contributed by atoms with Crippen LogP contribution < -0.4 is 5.32 Å². The van der Waals surface area contributed by atoms with E-state index in [4.69, 9.17) is 23.2 Å². The van der Waals surface area contributed by atoms with Crippen molar-refractivity contribution in [3.8, 4) is 0 Å². The predicted octanol–water partition coefficient (Wildman–Crippen LogP) is 6.85. The summed E-state index contributed by atoms with van der Waals surface area (Å²) in [6.07, 6.45) is 1.04. The monoisotopic (exact) mass is 510 g/mol. The van der Waals surface area contributed by atoms with Gasteiger partial charge >= 0.3 is 0 Å². The molecule has 2 atom stereocenters. The number of hydrogen-bond acceptors (Lipinski definition) is 2. The molecule has 4 nitrogen and oxygen atoms in total. The number of rotatable bonds is 10. The Kier molecular flexibility index (Phi) is 9.76. The molecular formula is C29H32Cl2N2O2. The van der Waals surface area contributed by atoms with Crippen LogP contribution in [0.25, 0.3) is 0 Å². The second-order valence-electron chi connectivity index (χ2n) is 8.84. The van der Waals surface area contributed by atoms with Gasteiger partial charge in [-0.15, -0.1) is 0 Å². The van der Waals surface area contributed by atoms with E-state index in [0.29, 0.717) is 10.0 Å². The Morgan fingerprint density at radius 3 is 1.94 bits per heavy atom. The van der Waals surface area contributed by atoms with Gasteiger partial charge in [-0.05, 0) is 49.1 Å². The molecule has 0 saturated heterocycles. The quantitative estimate of drug-likeness (QED) is 0.324. The molecule has 35 heavy (non-hydrogen) atoms. The zero-order chi connectivity index (χ0) is 25.4. The van der Waals surface area contributed by atoms with E-state index in [1.807, 2.05) is 80.6 Å². The Morgan fingerprint density at radius 2 is 1.43 bits per heavy atom. The van der Waals surface area contributed by atoms with Crippen molar-refractivity contribution in [3.63, 3.8) is 0 Å². The molecule has 0 heterocycles. The van der Waals surface area contributed by atoms with Crippen LogP contribution in [-0.2, 0) is 16.1 Å². The van der Waals surface area contributed by atoms with E-state index >= 15 is 0 Å². The van der Waals surface area contributed by atoms with E-state index in [-0.39, 0.29) is 36.7 Å². The third-order valence-corrected chi connectivity index (χ3v) is 7.03. The average molecular weight is 511 g/mol. The molecule has 1 N–H and O–H groups in total. The number of benzene rings is 3. The summed E-state index contributed by atoms with van der Waals surface area (Å²) in [5.74, 6) is -0.421. The van der Waals surface area contributed by atoms with Crippen LogP contribution in [0.4, 0.5) is 0 Å². The van der Waals surface area contributed by atoms with Crippen LogP contribution in [0.5, 0.6) is 0 Å². The number of nitrogens with zero attached hydrogens (tertiary/aromatic N) is 1. The molecule has 0 aliphatic rings. The molecule has 3 aromatic carbocycles. The molecule has 3 rings (SSSR count). The van der Waals surface area contributed by atoms with Crippen molar-refractivity contribution in [1.82, 2.24) is 10.2 Å². The first-order valence-electron chi connectivity index (χ1n) is 11.9. The topological polar surface area (TPSA) is 49.4 Å². The first-order chi connectivity index (χ1) is 16.8. The minimum atomic E-state index is -0.654. The first kappa shape index (κ1) is 26.8. The highest BCUT2D eigenvalue weighted by Crippen LogP contribution is 2.30. The van der Waals surface area contributed by atoms with Crippen LogP contribution in [0.1, 0.15) is 56.2 Å². The predicted molar refractivity (Wildman–Crippen MR) is 144 cm³/mol. The highest BCUT2D eigenvalue weighted by Gasteiger charge is 2.29. The van der Waals surface area contributed by atoms with Crippen molar-refractivity contribution < 1.29 is 9.59 Å². The van der Waals surface area contributed by atoms with Crippen LogP contribution in [0.3, 0.4) is 0 Å². The smallest absolute Gasteiger partial charge is 0.242 e. The molecule has 2 amide bonds. The van der Waals surface area contributed by atoms with E-state index in [1.165, 1.54) is 0 Å².